The van der Waals surface area contributed by atoms with Crippen molar-refractivity contribution in [3.8, 4) is 0 Å². The number of fused-ring (bicyclic) bond motifs is 1. The van der Waals surface area contributed by atoms with E-state index in [2.05, 4.69) is 5.32 Å². The molecule has 4 nitrogen and oxygen atoms in total. The fourth-order valence-electron chi connectivity index (χ4n) is 2.32. The van der Waals surface area contributed by atoms with Gasteiger partial charge in [0.15, 0.2) is 5.78 Å². The van der Waals surface area contributed by atoms with Crippen molar-refractivity contribution in [3.05, 3.63) is 53.1 Å². The van der Waals surface area contributed by atoms with E-state index in [1.807, 2.05) is 42.5 Å². The average Bonchev–Trinajstić information content (AvgIpc) is 2.88. The molecule has 0 unspecified atom stereocenters. The number of rotatable bonds is 4. The van der Waals surface area contributed by atoms with Gasteiger partial charge in [0.2, 0.25) is 0 Å². The van der Waals surface area contributed by atoms with Crippen molar-refractivity contribution in [1.82, 2.24) is 0 Å². The Morgan fingerprint density at radius 2 is 2.00 bits per heavy atom. The van der Waals surface area contributed by atoms with Gasteiger partial charge in [0.1, 0.15) is 5.57 Å². The molecule has 5 heteroatoms. The molecule has 0 amide bonds. The lowest BCUT2D eigenvalue weighted by atomic mass is 10.1. The SMILES string of the molecule is CCOC(=O)C1=C(Nc2ccc3ccccc3c2)SCC1=O. The second kappa shape index (κ2) is 6.23. The molecule has 0 saturated carbocycles. The second-order valence-corrected chi connectivity index (χ2v) is 5.81. The molecule has 0 radical (unpaired) electrons. The minimum absolute atomic E-state index is 0.125. The second-order valence-electron chi connectivity index (χ2n) is 4.82. The number of hydrogen-bond donors (Lipinski definition) is 1. The Hall–Kier alpha value is -2.27. The highest BCUT2D eigenvalue weighted by Crippen LogP contribution is 2.31. The van der Waals surface area contributed by atoms with Crippen LogP contribution in [0.1, 0.15) is 6.92 Å². The van der Waals surface area contributed by atoms with E-state index in [0.717, 1.165) is 16.5 Å². The molecule has 0 atom stereocenters. The number of ketones is 1. The van der Waals surface area contributed by atoms with E-state index in [4.69, 9.17) is 4.74 Å². The molecule has 3 rings (SSSR count). The molecule has 0 saturated heterocycles. The van der Waals surface area contributed by atoms with E-state index >= 15 is 0 Å². The first kappa shape index (κ1) is 14.7. The van der Waals surface area contributed by atoms with Gasteiger partial charge in [-0.3, -0.25) is 4.79 Å². The van der Waals surface area contributed by atoms with Crippen molar-refractivity contribution in [2.24, 2.45) is 0 Å². The number of esters is 1. The van der Waals surface area contributed by atoms with Crippen molar-refractivity contribution in [2.45, 2.75) is 6.92 Å². The maximum Gasteiger partial charge on any atom is 0.344 e. The van der Waals surface area contributed by atoms with Crippen LogP contribution < -0.4 is 5.32 Å². The number of hydrogen-bond acceptors (Lipinski definition) is 5. The normalized spacial score (nSPS) is 14.5. The van der Waals surface area contributed by atoms with Gasteiger partial charge in [-0.25, -0.2) is 4.79 Å². The lowest BCUT2D eigenvalue weighted by molar-refractivity contribution is -0.139. The third-order valence-electron chi connectivity index (χ3n) is 3.34. The quantitative estimate of drug-likeness (QED) is 0.693. The molecule has 2 aromatic rings. The Morgan fingerprint density at radius 3 is 2.77 bits per heavy atom. The highest BCUT2D eigenvalue weighted by molar-refractivity contribution is 8.04. The van der Waals surface area contributed by atoms with Gasteiger partial charge < -0.3 is 10.1 Å². The van der Waals surface area contributed by atoms with Gasteiger partial charge in [0.25, 0.3) is 0 Å². The van der Waals surface area contributed by atoms with Gasteiger partial charge in [0, 0.05) is 5.69 Å². The molecule has 0 aliphatic carbocycles. The molecule has 1 heterocycles. The summed E-state index contributed by atoms with van der Waals surface area (Å²) in [4.78, 5) is 23.8. The zero-order valence-electron chi connectivity index (χ0n) is 12.1. The van der Waals surface area contributed by atoms with Gasteiger partial charge in [-0.2, -0.15) is 0 Å². The number of ether oxygens (including phenoxy) is 1. The van der Waals surface area contributed by atoms with Crippen molar-refractivity contribution in [1.29, 1.82) is 0 Å². The number of Topliss-reactive ketones (excluding diaryl/α,β-unsaturated/α-hetero) is 1. The topological polar surface area (TPSA) is 55.4 Å². The molecule has 0 aromatic heterocycles. The average molecular weight is 313 g/mol. The monoisotopic (exact) mass is 313 g/mol. The molecule has 1 N–H and O–H groups in total. The van der Waals surface area contributed by atoms with Crippen LogP contribution in [0.3, 0.4) is 0 Å². The van der Waals surface area contributed by atoms with Crippen molar-refractivity contribution in [2.75, 3.05) is 17.7 Å². The molecule has 0 fully saturated rings. The third kappa shape index (κ3) is 2.85. The molecule has 1 aliphatic heterocycles. The number of carbonyl (C=O) groups is 2. The Kier molecular flexibility index (Phi) is 4.15. The summed E-state index contributed by atoms with van der Waals surface area (Å²) in [6.45, 7) is 1.98. The first-order valence-corrected chi connectivity index (χ1v) is 8.01. The predicted octanol–water partition coefficient (Wildman–Crippen LogP) is 3.34. The Labute approximate surface area is 132 Å². The number of thioether (sulfide) groups is 1. The van der Waals surface area contributed by atoms with Crippen LogP contribution in [0.5, 0.6) is 0 Å². The van der Waals surface area contributed by atoms with Crippen molar-refractivity contribution < 1.29 is 14.3 Å². The van der Waals surface area contributed by atoms with Crippen LogP contribution in [0, 0.1) is 0 Å². The Morgan fingerprint density at radius 1 is 1.23 bits per heavy atom. The number of anilines is 1. The van der Waals surface area contributed by atoms with Gasteiger partial charge in [-0.15, -0.1) is 0 Å². The van der Waals surface area contributed by atoms with Crippen LogP contribution in [-0.4, -0.2) is 24.1 Å². The van der Waals surface area contributed by atoms with Gasteiger partial charge in [-0.1, -0.05) is 42.1 Å². The van der Waals surface area contributed by atoms with Crippen LogP contribution in [0.2, 0.25) is 0 Å². The van der Waals surface area contributed by atoms with E-state index in [9.17, 15) is 9.59 Å². The molecule has 22 heavy (non-hydrogen) atoms. The summed E-state index contributed by atoms with van der Waals surface area (Å²) in [6.07, 6.45) is 0. The van der Waals surface area contributed by atoms with E-state index < -0.39 is 5.97 Å². The predicted molar refractivity (Wildman–Crippen MR) is 88.7 cm³/mol. The van der Waals surface area contributed by atoms with E-state index in [1.165, 1.54) is 11.8 Å². The molecule has 0 spiro atoms. The summed E-state index contributed by atoms with van der Waals surface area (Å²) >= 11 is 1.33. The fraction of sp³-hybridized carbons (Fsp3) is 0.176. The molecular formula is C17H15NO3S. The zero-order chi connectivity index (χ0) is 15.5. The number of benzene rings is 2. The number of carbonyl (C=O) groups excluding carboxylic acids is 2. The lowest BCUT2D eigenvalue weighted by Gasteiger charge is -2.09. The maximum absolute atomic E-state index is 11.9. The van der Waals surface area contributed by atoms with E-state index in [0.29, 0.717) is 5.03 Å². The summed E-state index contributed by atoms with van der Waals surface area (Å²) in [6, 6.07) is 14.0. The Bertz CT molecular complexity index is 782. The lowest BCUT2D eigenvalue weighted by Crippen LogP contribution is -2.16. The first-order valence-electron chi connectivity index (χ1n) is 7.02. The smallest absolute Gasteiger partial charge is 0.344 e. The summed E-state index contributed by atoms with van der Waals surface area (Å²) in [5.74, 6) is -0.475. The van der Waals surface area contributed by atoms with Gasteiger partial charge >= 0.3 is 5.97 Å². The standard InChI is InChI=1S/C17H15NO3S/c1-2-21-17(20)15-14(19)10-22-16(15)18-13-8-7-11-5-3-4-6-12(11)9-13/h3-9,18H,2,10H2,1H3. The van der Waals surface area contributed by atoms with Crippen LogP contribution >= 0.6 is 11.8 Å². The summed E-state index contributed by atoms with van der Waals surface area (Å²) < 4.78 is 4.96. The highest BCUT2D eigenvalue weighted by atomic mass is 32.2. The number of nitrogens with one attached hydrogen (secondary N) is 1. The minimum Gasteiger partial charge on any atom is -0.462 e. The molecular weight excluding hydrogens is 298 g/mol. The zero-order valence-corrected chi connectivity index (χ0v) is 12.9. The first-order chi connectivity index (χ1) is 10.7. The van der Waals surface area contributed by atoms with Crippen LogP contribution in [0.25, 0.3) is 10.8 Å². The molecule has 112 valence electrons. The summed E-state index contributed by atoms with van der Waals surface area (Å²) in [5, 5.41) is 5.98. The van der Waals surface area contributed by atoms with Crippen molar-refractivity contribution >= 4 is 40.0 Å². The van der Waals surface area contributed by atoms with Crippen LogP contribution in [-0.2, 0) is 14.3 Å². The summed E-state index contributed by atoms with van der Waals surface area (Å²) in [7, 11) is 0. The third-order valence-corrected chi connectivity index (χ3v) is 4.34. The molecule has 2 aromatic carbocycles. The molecule has 0 bridgehead atoms. The van der Waals surface area contributed by atoms with Crippen molar-refractivity contribution in [3.63, 3.8) is 0 Å². The molecule has 1 aliphatic rings. The van der Waals surface area contributed by atoms with E-state index in [-0.39, 0.29) is 23.7 Å². The van der Waals surface area contributed by atoms with Gasteiger partial charge in [0.05, 0.1) is 17.4 Å². The fourth-order valence-corrected chi connectivity index (χ4v) is 3.27. The van der Waals surface area contributed by atoms with Gasteiger partial charge in [-0.05, 0) is 29.8 Å². The van der Waals surface area contributed by atoms with Crippen LogP contribution in [0.15, 0.2) is 53.1 Å². The minimum atomic E-state index is -0.555. The maximum atomic E-state index is 11.9. The highest BCUT2D eigenvalue weighted by Gasteiger charge is 2.30. The largest absolute Gasteiger partial charge is 0.462 e. The van der Waals surface area contributed by atoms with E-state index in [1.54, 1.807) is 6.92 Å². The van der Waals surface area contributed by atoms with Crippen LogP contribution in [0.4, 0.5) is 5.69 Å². The Balaban J connectivity index is 1.91. The summed E-state index contributed by atoms with van der Waals surface area (Å²) in [5.41, 5.74) is 0.970.